The van der Waals surface area contributed by atoms with E-state index in [2.05, 4.69) is 55.2 Å². The summed E-state index contributed by atoms with van der Waals surface area (Å²) in [6, 6.07) is 8.80. The van der Waals surface area contributed by atoms with Crippen LogP contribution < -0.4 is 0 Å². The molecular formula is C20H27N3O2. The molecule has 1 aromatic carbocycles. The molecule has 0 saturated heterocycles. The molecule has 0 bridgehead atoms. The van der Waals surface area contributed by atoms with Gasteiger partial charge in [0.1, 0.15) is 0 Å². The second-order valence-electron chi connectivity index (χ2n) is 7.04. The number of hydrogen-bond acceptors (Lipinski definition) is 3. The van der Waals surface area contributed by atoms with Crippen LogP contribution in [0.4, 0.5) is 0 Å². The highest BCUT2D eigenvalue weighted by atomic mass is 16.4. The molecule has 134 valence electrons. The number of benzene rings is 1. The molecule has 5 nitrogen and oxygen atoms in total. The van der Waals surface area contributed by atoms with E-state index in [1.807, 2.05) is 4.68 Å². The number of hydrogen-bond donors (Lipinski definition) is 1. The van der Waals surface area contributed by atoms with Gasteiger partial charge in [-0.1, -0.05) is 31.2 Å². The van der Waals surface area contributed by atoms with Gasteiger partial charge in [0.05, 0.1) is 0 Å². The lowest BCUT2D eigenvalue weighted by molar-refractivity contribution is 0.0687. The molecule has 1 atom stereocenters. The third-order valence-electron chi connectivity index (χ3n) is 5.26. The van der Waals surface area contributed by atoms with E-state index in [4.69, 9.17) is 0 Å². The van der Waals surface area contributed by atoms with E-state index in [-0.39, 0.29) is 5.69 Å². The number of nitrogens with zero attached hydrogens (tertiary/aromatic N) is 3. The molecule has 1 aliphatic carbocycles. The quantitative estimate of drug-likeness (QED) is 0.876. The van der Waals surface area contributed by atoms with Crippen LogP contribution in [0.3, 0.4) is 0 Å². The van der Waals surface area contributed by atoms with Crippen LogP contribution in [0.25, 0.3) is 0 Å². The van der Waals surface area contributed by atoms with Gasteiger partial charge in [-0.05, 0) is 50.8 Å². The Kier molecular flexibility index (Phi) is 5.23. The van der Waals surface area contributed by atoms with E-state index in [9.17, 15) is 9.90 Å². The molecule has 0 amide bonds. The highest BCUT2D eigenvalue weighted by Crippen LogP contribution is 2.28. The van der Waals surface area contributed by atoms with Gasteiger partial charge in [0.2, 0.25) is 0 Å². The number of carboxylic acids is 1. The van der Waals surface area contributed by atoms with Gasteiger partial charge in [0, 0.05) is 30.4 Å². The van der Waals surface area contributed by atoms with Crippen molar-refractivity contribution in [3.63, 3.8) is 0 Å². The summed E-state index contributed by atoms with van der Waals surface area (Å²) < 4.78 is 1.91. The SMILES string of the molecule is CCCn1nc(C(=O)O)c2c1CCC(N(C)Cc1ccccc1C)C2. The van der Waals surface area contributed by atoms with Crippen LogP contribution in [0.15, 0.2) is 24.3 Å². The Labute approximate surface area is 149 Å². The summed E-state index contributed by atoms with van der Waals surface area (Å²) in [4.78, 5) is 14.0. The number of rotatable bonds is 6. The maximum absolute atomic E-state index is 11.6. The van der Waals surface area contributed by atoms with E-state index in [1.54, 1.807) is 0 Å². The third-order valence-corrected chi connectivity index (χ3v) is 5.26. The highest BCUT2D eigenvalue weighted by molar-refractivity contribution is 5.87. The minimum Gasteiger partial charge on any atom is -0.476 e. The first kappa shape index (κ1) is 17.7. The lowest BCUT2D eigenvalue weighted by Gasteiger charge is -2.32. The van der Waals surface area contributed by atoms with Gasteiger partial charge in [-0.3, -0.25) is 9.58 Å². The van der Waals surface area contributed by atoms with Crippen molar-refractivity contribution in [3.05, 3.63) is 52.3 Å². The van der Waals surface area contributed by atoms with Crippen LogP contribution >= 0.6 is 0 Å². The lowest BCUT2D eigenvalue weighted by Crippen LogP contribution is -2.36. The lowest BCUT2D eigenvalue weighted by atomic mass is 9.90. The van der Waals surface area contributed by atoms with Gasteiger partial charge in [-0.2, -0.15) is 5.10 Å². The summed E-state index contributed by atoms with van der Waals surface area (Å²) in [6.07, 6.45) is 3.68. The van der Waals surface area contributed by atoms with Crippen molar-refractivity contribution < 1.29 is 9.90 Å². The zero-order valence-electron chi connectivity index (χ0n) is 15.3. The molecule has 1 aliphatic rings. The molecule has 0 saturated carbocycles. The number of likely N-dealkylation sites (N-methyl/N-ethyl adjacent to an activating group) is 1. The minimum absolute atomic E-state index is 0.248. The second-order valence-corrected chi connectivity index (χ2v) is 7.04. The van der Waals surface area contributed by atoms with Gasteiger partial charge in [0.25, 0.3) is 0 Å². The molecule has 1 N–H and O–H groups in total. The fourth-order valence-corrected chi connectivity index (χ4v) is 3.80. The van der Waals surface area contributed by atoms with Crippen LogP contribution in [0.2, 0.25) is 0 Å². The van der Waals surface area contributed by atoms with Gasteiger partial charge in [-0.25, -0.2) is 4.79 Å². The summed E-state index contributed by atoms with van der Waals surface area (Å²) in [6.45, 7) is 5.91. The van der Waals surface area contributed by atoms with E-state index >= 15 is 0 Å². The Morgan fingerprint density at radius 2 is 2.16 bits per heavy atom. The fourth-order valence-electron chi connectivity index (χ4n) is 3.80. The third kappa shape index (κ3) is 3.61. The average molecular weight is 341 g/mol. The summed E-state index contributed by atoms with van der Waals surface area (Å²) in [5.74, 6) is -0.909. The normalized spacial score (nSPS) is 16.9. The van der Waals surface area contributed by atoms with E-state index < -0.39 is 5.97 Å². The Hall–Kier alpha value is -2.14. The predicted octanol–water partition coefficient (Wildman–Crippen LogP) is 3.29. The Bertz CT molecular complexity index is 766. The predicted molar refractivity (Wildman–Crippen MR) is 97.9 cm³/mol. The molecule has 0 radical (unpaired) electrons. The first-order valence-corrected chi connectivity index (χ1v) is 9.07. The van der Waals surface area contributed by atoms with Crippen molar-refractivity contribution in [2.24, 2.45) is 0 Å². The summed E-state index contributed by atoms with van der Waals surface area (Å²) in [5, 5.41) is 13.9. The molecule has 1 aromatic heterocycles. The second kappa shape index (κ2) is 7.40. The first-order chi connectivity index (χ1) is 12.0. The molecule has 0 aliphatic heterocycles. The van der Waals surface area contributed by atoms with Gasteiger partial charge >= 0.3 is 5.97 Å². The van der Waals surface area contributed by atoms with Crippen LogP contribution in [0.1, 0.15) is 52.6 Å². The Morgan fingerprint density at radius 3 is 2.84 bits per heavy atom. The van der Waals surface area contributed by atoms with Crippen molar-refractivity contribution in [2.45, 2.75) is 58.7 Å². The van der Waals surface area contributed by atoms with Crippen LogP contribution in [-0.2, 0) is 25.9 Å². The number of fused-ring (bicyclic) bond motifs is 1. The molecular weight excluding hydrogens is 314 g/mol. The topological polar surface area (TPSA) is 58.4 Å². The van der Waals surface area contributed by atoms with Gasteiger partial charge in [0.15, 0.2) is 5.69 Å². The zero-order chi connectivity index (χ0) is 18.0. The molecule has 2 aromatic rings. The number of aryl methyl sites for hydroxylation is 2. The standard InChI is InChI=1S/C20H27N3O2/c1-4-11-23-18-10-9-16(12-17(18)19(21-23)20(24)25)22(3)13-15-8-6-5-7-14(15)2/h5-8,16H,4,9-13H2,1-3H3,(H,24,25). The van der Waals surface area contributed by atoms with Gasteiger partial charge < -0.3 is 5.11 Å². The average Bonchev–Trinajstić information content (AvgIpc) is 2.95. The van der Waals surface area contributed by atoms with Crippen LogP contribution in [-0.4, -0.2) is 38.8 Å². The van der Waals surface area contributed by atoms with Gasteiger partial charge in [-0.15, -0.1) is 0 Å². The molecule has 0 spiro atoms. The van der Waals surface area contributed by atoms with Crippen LogP contribution in [0.5, 0.6) is 0 Å². The molecule has 5 heteroatoms. The number of carbonyl (C=O) groups is 1. The number of aromatic carboxylic acids is 1. The maximum atomic E-state index is 11.6. The van der Waals surface area contributed by atoms with Crippen molar-refractivity contribution >= 4 is 5.97 Å². The minimum atomic E-state index is -0.909. The van der Waals surface area contributed by atoms with Crippen molar-refractivity contribution in [1.29, 1.82) is 0 Å². The summed E-state index contributed by atoms with van der Waals surface area (Å²) in [7, 11) is 2.14. The smallest absolute Gasteiger partial charge is 0.356 e. The molecule has 1 unspecified atom stereocenters. The van der Waals surface area contributed by atoms with Crippen molar-refractivity contribution in [2.75, 3.05) is 7.05 Å². The van der Waals surface area contributed by atoms with E-state index in [0.29, 0.717) is 6.04 Å². The fraction of sp³-hybridized carbons (Fsp3) is 0.500. The highest BCUT2D eigenvalue weighted by Gasteiger charge is 2.30. The molecule has 25 heavy (non-hydrogen) atoms. The zero-order valence-corrected chi connectivity index (χ0v) is 15.3. The van der Waals surface area contributed by atoms with Crippen molar-refractivity contribution in [1.82, 2.24) is 14.7 Å². The van der Waals surface area contributed by atoms with Crippen LogP contribution in [0, 0.1) is 6.92 Å². The summed E-state index contributed by atoms with van der Waals surface area (Å²) in [5.41, 5.74) is 4.94. The summed E-state index contributed by atoms with van der Waals surface area (Å²) >= 11 is 0. The number of aromatic nitrogens is 2. The molecule has 0 fully saturated rings. The molecule has 1 heterocycles. The maximum Gasteiger partial charge on any atom is 0.356 e. The monoisotopic (exact) mass is 341 g/mol. The first-order valence-electron chi connectivity index (χ1n) is 9.07. The van der Waals surface area contributed by atoms with E-state index in [1.165, 1.54) is 11.1 Å². The van der Waals surface area contributed by atoms with E-state index in [0.717, 1.165) is 50.0 Å². The van der Waals surface area contributed by atoms with Crippen molar-refractivity contribution in [3.8, 4) is 0 Å². The molecule has 3 rings (SSSR count). The Morgan fingerprint density at radius 1 is 1.40 bits per heavy atom. The largest absolute Gasteiger partial charge is 0.476 e. The Balaban J connectivity index is 1.80. The number of carboxylic acid groups (broad SMARTS) is 1.